The van der Waals surface area contributed by atoms with Gasteiger partial charge in [-0.1, -0.05) is 18.2 Å². The highest BCUT2D eigenvalue weighted by Crippen LogP contribution is 2.45. The summed E-state index contributed by atoms with van der Waals surface area (Å²) in [6.07, 6.45) is 3.43. The molecule has 1 fully saturated rings. The molecule has 0 amide bonds. The standard InChI is InChI=1S/C23H22FN5O3S2/c24-17-3-1-16(2-4-17)21-11-15(13-25)7-9-29(21)20-8-10-32-22-12-18(5-6-19(20)22)34(30,31)28-23-26-14-27-33-23/h1-6,12,14-15,20-21H,7-11H2,(H,26,27,28)/t15-,20?,21+/m1/s1. The number of sulfonamides is 1. The van der Waals surface area contributed by atoms with Crippen molar-refractivity contribution in [2.24, 2.45) is 5.92 Å². The Bertz CT molecular complexity index is 1310. The van der Waals surface area contributed by atoms with E-state index in [2.05, 4.69) is 25.0 Å². The van der Waals surface area contributed by atoms with E-state index in [1.54, 1.807) is 30.3 Å². The van der Waals surface area contributed by atoms with Crippen LogP contribution in [0.2, 0.25) is 0 Å². The molecule has 1 saturated heterocycles. The van der Waals surface area contributed by atoms with Crippen molar-refractivity contribution in [3.05, 3.63) is 65.7 Å². The lowest BCUT2D eigenvalue weighted by molar-refractivity contribution is 0.0550. The molecule has 176 valence electrons. The lowest BCUT2D eigenvalue weighted by Gasteiger charge is -2.44. The topological polar surface area (TPSA) is 108 Å². The Morgan fingerprint density at radius 3 is 2.74 bits per heavy atom. The van der Waals surface area contributed by atoms with Crippen molar-refractivity contribution < 1.29 is 17.5 Å². The first kappa shape index (κ1) is 22.7. The van der Waals surface area contributed by atoms with Crippen molar-refractivity contribution in [3.63, 3.8) is 0 Å². The molecular formula is C23H22FN5O3S2. The SMILES string of the molecule is N#C[C@@H]1CCN(C2CCOc3cc(S(=O)(=O)Nc4ncns4)ccc32)[C@H](c2ccc(F)cc2)C1. The molecule has 1 unspecified atom stereocenters. The fraction of sp³-hybridized carbons (Fsp3) is 0.348. The van der Waals surface area contributed by atoms with Crippen LogP contribution < -0.4 is 9.46 Å². The Morgan fingerprint density at radius 1 is 1.18 bits per heavy atom. The van der Waals surface area contributed by atoms with Crippen molar-refractivity contribution >= 4 is 26.7 Å². The van der Waals surface area contributed by atoms with Crippen molar-refractivity contribution in [2.75, 3.05) is 17.9 Å². The molecule has 11 heteroatoms. The number of anilines is 1. The van der Waals surface area contributed by atoms with Gasteiger partial charge in [-0.15, -0.1) is 0 Å². The maximum atomic E-state index is 13.6. The van der Waals surface area contributed by atoms with Gasteiger partial charge in [0.1, 0.15) is 17.9 Å². The zero-order chi connectivity index (χ0) is 23.7. The molecule has 1 N–H and O–H groups in total. The lowest BCUT2D eigenvalue weighted by atomic mass is 9.85. The summed E-state index contributed by atoms with van der Waals surface area (Å²) in [5.74, 6) is 0.163. The highest BCUT2D eigenvalue weighted by molar-refractivity contribution is 7.93. The molecule has 0 bridgehead atoms. The second-order valence-electron chi connectivity index (χ2n) is 8.36. The normalized spacial score (nSPS) is 22.9. The van der Waals surface area contributed by atoms with E-state index in [1.165, 1.54) is 18.5 Å². The van der Waals surface area contributed by atoms with E-state index < -0.39 is 10.0 Å². The zero-order valence-electron chi connectivity index (χ0n) is 18.1. The molecule has 5 rings (SSSR count). The zero-order valence-corrected chi connectivity index (χ0v) is 19.7. The smallest absolute Gasteiger partial charge is 0.263 e. The number of nitrogens with zero attached hydrogens (tertiary/aromatic N) is 4. The molecule has 8 nitrogen and oxygen atoms in total. The van der Waals surface area contributed by atoms with E-state index >= 15 is 0 Å². The van der Waals surface area contributed by atoms with Crippen LogP contribution in [0.25, 0.3) is 0 Å². The van der Waals surface area contributed by atoms with Gasteiger partial charge >= 0.3 is 0 Å². The van der Waals surface area contributed by atoms with Gasteiger partial charge in [-0.25, -0.2) is 17.8 Å². The fourth-order valence-electron chi connectivity index (χ4n) is 4.74. The molecule has 2 aliphatic rings. The first-order valence-electron chi connectivity index (χ1n) is 10.9. The second-order valence-corrected chi connectivity index (χ2v) is 10.8. The van der Waals surface area contributed by atoms with E-state index in [9.17, 15) is 18.1 Å². The number of nitrogens with one attached hydrogen (secondary N) is 1. The van der Waals surface area contributed by atoms with E-state index in [4.69, 9.17) is 4.74 Å². The van der Waals surface area contributed by atoms with Crippen molar-refractivity contribution in [1.82, 2.24) is 14.3 Å². The van der Waals surface area contributed by atoms with E-state index in [-0.39, 0.29) is 33.8 Å². The first-order valence-corrected chi connectivity index (χ1v) is 13.2. The monoisotopic (exact) mass is 499 g/mol. The number of hydrogen-bond acceptors (Lipinski definition) is 8. The van der Waals surface area contributed by atoms with Crippen molar-refractivity contribution in [3.8, 4) is 11.8 Å². The molecule has 3 aromatic rings. The average Bonchev–Trinajstić information content (AvgIpc) is 3.36. The molecule has 0 spiro atoms. The molecule has 1 aromatic heterocycles. The summed E-state index contributed by atoms with van der Waals surface area (Å²) in [4.78, 5) is 6.30. The quantitative estimate of drug-likeness (QED) is 0.558. The Morgan fingerprint density at radius 2 is 2.00 bits per heavy atom. The van der Waals surface area contributed by atoms with Crippen LogP contribution >= 0.6 is 11.5 Å². The number of halogens is 1. The molecule has 0 saturated carbocycles. The third kappa shape index (κ3) is 4.49. The minimum atomic E-state index is -3.83. The highest BCUT2D eigenvalue weighted by Gasteiger charge is 2.37. The van der Waals surface area contributed by atoms with Crippen LogP contribution in [0.15, 0.2) is 53.7 Å². The van der Waals surface area contributed by atoms with Gasteiger partial charge in [0, 0.05) is 54.1 Å². The number of likely N-dealkylation sites (tertiary alicyclic amines) is 1. The number of rotatable bonds is 5. The largest absolute Gasteiger partial charge is 0.493 e. The molecule has 3 atom stereocenters. The van der Waals surface area contributed by atoms with Gasteiger partial charge in [0.05, 0.1) is 17.6 Å². The first-order chi connectivity index (χ1) is 16.4. The van der Waals surface area contributed by atoms with Crippen LogP contribution in [0.1, 0.15) is 42.5 Å². The van der Waals surface area contributed by atoms with Gasteiger partial charge < -0.3 is 4.74 Å². The second kappa shape index (κ2) is 9.29. The number of hydrogen-bond donors (Lipinski definition) is 1. The Kier molecular flexibility index (Phi) is 6.20. The third-order valence-corrected chi connectivity index (χ3v) is 8.41. The van der Waals surface area contributed by atoms with Gasteiger partial charge in [-0.2, -0.15) is 9.64 Å². The molecule has 3 heterocycles. The lowest BCUT2D eigenvalue weighted by Crippen LogP contribution is -2.41. The maximum Gasteiger partial charge on any atom is 0.263 e. The van der Waals surface area contributed by atoms with Gasteiger partial charge in [-0.05, 0) is 36.6 Å². The molecule has 34 heavy (non-hydrogen) atoms. The van der Waals surface area contributed by atoms with E-state index in [1.807, 2.05) is 0 Å². The van der Waals surface area contributed by atoms with Gasteiger partial charge in [0.25, 0.3) is 10.0 Å². The number of nitriles is 1. The molecule has 0 aliphatic carbocycles. The Balaban J connectivity index is 1.46. The molecule has 2 aromatic carbocycles. The number of benzene rings is 2. The predicted molar refractivity (Wildman–Crippen MR) is 124 cm³/mol. The van der Waals surface area contributed by atoms with E-state index in [0.29, 0.717) is 25.3 Å². The summed E-state index contributed by atoms with van der Waals surface area (Å²) in [7, 11) is -3.83. The van der Waals surface area contributed by atoms with Crippen LogP contribution in [0.3, 0.4) is 0 Å². The molecule has 0 radical (unpaired) electrons. The maximum absolute atomic E-state index is 13.6. The summed E-state index contributed by atoms with van der Waals surface area (Å²) >= 11 is 0.958. The fourth-order valence-corrected chi connectivity index (χ4v) is 6.42. The summed E-state index contributed by atoms with van der Waals surface area (Å²) in [6.45, 7) is 1.16. The predicted octanol–water partition coefficient (Wildman–Crippen LogP) is 4.28. The number of fused-ring (bicyclic) bond motifs is 1. The number of ether oxygens (including phenoxy) is 1. The summed E-state index contributed by atoms with van der Waals surface area (Å²) in [5, 5.41) is 9.73. The summed E-state index contributed by atoms with van der Waals surface area (Å²) < 4.78 is 51.3. The van der Waals surface area contributed by atoms with E-state index in [0.717, 1.165) is 35.5 Å². The van der Waals surface area contributed by atoms with Gasteiger partial charge in [0.2, 0.25) is 5.13 Å². The van der Waals surface area contributed by atoms with Crippen LogP contribution in [-0.2, 0) is 10.0 Å². The van der Waals surface area contributed by atoms with Crippen LogP contribution in [0, 0.1) is 23.1 Å². The third-order valence-electron chi connectivity index (χ3n) is 6.37. The number of aromatic nitrogens is 2. The van der Waals surface area contributed by atoms with Gasteiger partial charge in [0.15, 0.2) is 0 Å². The van der Waals surface area contributed by atoms with Crippen molar-refractivity contribution in [1.29, 1.82) is 5.26 Å². The molecule has 2 aliphatic heterocycles. The Labute approximate surface area is 201 Å². The minimum absolute atomic E-state index is 0.00804. The van der Waals surface area contributed by atoms with Crippen LogP contribution in [-0.4, -0.2) is 35.8 Å². The van der Waals surface area contributed by atoms with Gasteiger partial charge in [-0.3, -0.25) is 9.62 Å². The van der Waals surface area contributed by atoms with Crippen LogP contribution in [0.4, 0.5) is 9.52 Å². The number of piperidine rings is 1. The molecular weight excluding hydrogens is 477 g/mol. The van der Waals surface area contributed by atoms with Crippen LogP contribution in [0.5, 0.6) is 5.75 Å². The highest BCUT2D eigenvalue weighted by atomic mass is 32.2. The Hall–Kier alpha value is -3.07. The minimum Gasteiger partial charge on any atom is -0.493 e. The average molecular weight is 500 g/mol. The van der Waals surface area contributed by atoms with Crippen molar-refractivity contribution in [2.45, 2.75) is 36.2 Å². The summed E-state index contributed by atoms with van der Waals surface area (Å²) in [6, 6.07) is 13.7. The summed E-state index contributed by atoms with van der Waals surface area (Å²) in [5.41, 5.74) is 1.87.